The van der Waals surface area contributed by atoms with Crippen LogP contribution in [0.25, 0.3) is 0 Å². The quantitative estimate of drug-likeness (QED) is 0.666. The van der Waals surface area contributed by atoms with Gasteiger partial charge in [-0.1, -0.05) is 19.8 Å². The lowest BCUT2D eigenvalue weighted by molar-refractivity contribution is -0.166. The smallest absolute Gasteiger partial charge is 0.306 e. The van der Waals surface area contributed by atoms with Crippen molar-refractivity contribution >= 4 is 11.9 Å². The van der Waals surface area contributed by atoms with Gasteiger partial charge in [0.05, 0.1) is 19.4 Å². The molecule has 1 saturated carbocycles. The Labute approximate surface area is 115 Å². The summed E-state index contributed by atoms with van der Waals surface area (Å²) in [5, 5.41) is 0. The molecule has 19 heavy (non-hydrogen) atoms. The van der Waals surface area contributed by atoms with E-state index in [0.717, 1.165) is 19.3 Å². The molecule has 110 valence electrons. The summed E-state index contributed by atoms with van der Waals surface area (Å²) in [5.41, 5.74) is -0.373. The molecule has 1 aliphatic rings. The van der Waals surface area contributed by atoms with Crippen molar-refractivity contribution < 1.29 is 19.1 Å². The maximum absolute atomic E-state index is 11.9. The van der Waals surface area contributed by atoms with Gasteiger partial charge in [0.25, 0.3) is 0 Å². The van der Waals surface area contributed by atoms with Crippen LogP contribution in [0.3, 0.4) is 0 Å². The zero-order valence-electron chi connectivity index (χ0n) is 12.4. The number of carbonyl (C=O) groups is 2. The van der Waals surface area contributed by atoms with Crippen molar-refractivity contribution in [2.45, 2.75) is 71.3 Å². The largest absolute Gasteiger partial charge is 0.466 e. The first-order chi connectivity index (χ1) is 9.01. The summed E-state index contributed by atoms with van der Waals surface area (Å²) in [6, 6.07) is 0. The zero-order chi connectivity index (χ0) is 14.3. The molecule has 0 N–H and O–H groups in total. The zero-order valence-corrected chi connectivity index (χ0v) is 12.4. The van der Waals surface area contributed by atoms with Crippen LogP contribution in [-0.4, -0.2) is 24.1 Å². The van der Waals surface area contributed by atoms with E-state index in [-0.39, 0.29) is 30.4 Å². The van der Waals surface area contributed by atoms with Gasteiger partial charge in [0.1, 0.15) is 5.60 Å². The average Bonchev–Trinajstić information content (AvgIpc) is 2.91. The first-order valence-electron chi connectivity index (χ1n) is 7.39. The van der Waals surface area contributed by atoms with E-state index in [2.05, 4.69) is 6.92 Å². The number of rotatable bonds is 7. The van der Waals surface area contributed by atoms with E-state index in [4.69, 9.17) is 9.47 Å². The topological polar surface area (TPSA) is 52.6 Å². The maximum Gasteiger partial charge on any atom is 0.306 e. The third-order valence-electron chi connectivity index (χ3n) is 4.11. The van der Waals surface area contributed by atoms with Crippen molar-refractivity contribution in [3.05, 3.63) is 0 Å². The van der Waals surface area contributed by atoms with Gasteiger partial charge >= 0.3 is 11.9 Å². The lowest BCUT2D eigenvalue weighted by Gasteiger charge is -2.34. The minimum Gasteiger partial charge on any atom is -0.466 e. The Kier molecular flexibility index (Phi) is 6.32. The fourth-order valence-electron chi connectivity index (χ4n) is 2.73. The Morgan fingerprint density at radius 1 is 1.11 bits per heavy atom. The molecule has 4 nitrogen and oxygen atoms in total. The van der Waals surface area contributed by atoms with Gasteiger partial charge in [-0.2, -0.15) is 0 Å². The van der Waals surface area contributed by atoms with E-state index in [1.165, 1.54) is 12.8 Å². The Hall–Kier alpha value is -1.06. The van der Waals surface area contributed by atoms with Gasteiger partial charge in [-0.3, -0.25) is 9.59 Å². The Morgan fingerprint density at radius 2 is 1.68 bits per heavy atom. The molecule has 0 aromatic heterocycles. The highest BCUT2D eigenvalue weighted by Gasteiger charge is 2.37. The second-order valence-electron chi connectivity index (χ2n) is 5.43. The Morgan fingerprint density at radius 3 is 2.21 bits per heavy atom. The van der Waals surface area contributed by atoms with Crippen LogP contribution in [-0.2, 0) is 19.1 Å². The van der Waals surface area contributed by atoms with Gasteiger partial charge < -0.3 is 9.47 Å². The molecule has 0 bridgehead atoms. The van der Waals surface area contributed by atoms with Crippen LogP contribution >= 0.6 is 0 Å². The van der Waals surface area contributed by atoms with E-state index in [1.807, 2.05) is 6.92 Å². The van der Waals surface area contributed by atoms with Crippen molar-refractivity contribution in [3.8, 4) is 0 Å². The minimum absolute atomic E-state index is 0.108. The van der Waals surface area contributed by atoms with Gasteiger partial charge in [-0.05, 0) is 39.0 Å². The second kappa shape index (κ2) is 7.51. The third kappa shape index (κ3) is 4.84. The van der Waals surface area contributed by atoms with Crippen molar-refractivity contribution in [1.82, 2.24) is 0 Å². The van der Waals surface area contributed by atoms with Crippen molar-refractivity contribution in [3.63, 3.8) is 0 Å². The highest BCUT2D eigenvalue weighted by Crippen LogP contribution is 2.38. The molecule has 0 aliphatic heterocycles. The predicted octanol–water partition coefficient (Wildman–Crippen LogP) is 3.23. The van der Waals surface area contributed by atoms with E-state index < -0.39 is 0 Å². The first kappa shape index (κ1) is 16.0. The molecule has 1 aliphatic carbocycles. The fourth-order valence-corrected chi connectivity index (χ4v) is 2.73. The molecule has 1 atom stereocenters. The van der Waals surface area contributed by atoms with Gasteiger partial charge in [0.15, 0.2) is 0 Å². The standard InChI is InChI=1S/C15H26O4/c1-4-15(3,12-8-6-7-9-12)19-14(17)11-10-13(16)18-5-2/h12H,4-11H2,1-3H3. The summed E-state index contributed by atoms with van der Waals surface area (Å²) in [6.45, 7) is 6.18. The molecule has 0 radical (unpaired) electrons. The highest BCUT2D eigenvalue weighted by molar-refractivity contribution is 5.77. The highest BCUT2D eigenvalue weighted by atomic mass is 16.6. The van der Waals surface area contributed by atoms with Crippen LogP contribution < -0.4 is 0 Å². The monoisotopic (exact) mass is 270 g/mol. The van der Waals surface area contributed by atoms with E-state index >= 15 is 0 Å². The lowest BCUT2D eigenvalue weighted by atomic mass is 9.85. The molecule has 0 heterocycles. The molecule has 0 amide bonds. The summed E-state index contributed by atoms with van der Waals surface area (Å²) < 4.78 is 10.5. The molecule has 0 saturated heterocycles. The maximum atomic E-state index is 11.9. The van der Waals surface area contributed by atoms with Gasteiger partial charge in [-0.15, -0.1) is 0 Å². The normalized spacial score (nSPS) is 18.9. The molecular weight excluding hydrogens is 244 g/mol. The summed E-state index contributed by atoms with van der Waals surface area (Å²) in [4.78, 5) is 23.1. The van der Waals surface area contributed by atoms with Crippen LogP contribution in [0.4, 0.5) is 0 Å². The van der Waals surface area contributed by atoms with E-state index in [0.29, 0.717) is 12.5 Å². The van der Waals surface area contributed by atoms with Gasteiger partial charge in [-0.25, -0.2) is 0 Å². The molecule has 0 spiro atoms. The summed E-state index contributed by atoms with van der Waals surface area (Å²) in [7, 11) is 0. The predicted molar refractivity (Wildman–Crippen MR) is 72.6 cm³/mol. The van der Waals surface area contributed by atoms with Crippen molar-refractivity contribution in [1.29, 1.82) is 0 Å². The van der Waals surface area contributed by atoms with E-state index in [9.17, 15) is 9.59 Å². The number of hydrogen-bond donors (Lipinski definition) is 0. The average molecular weight is 270 g/mol. The Balaban J connectivity index is 2.42. The van der Waals surface area contributed by atoms with Crippen LogP contribution in [0.5, 0.6) is 0 Å². The molecule has 4 heteroatoms. The SMILES string of the molecule is CCOC(=O)CCC(=O)OC(C)(CC)C1CCCC1. The number of carbonyl (C=O) groups excluding carboxylic acids is 2. The summed E-state index contributed by atoms with van der Waals surface area (Å²) >= 11 is 0. The molecule has 1 rings (SSSR count). The molecular formula is C15H26O4. The first-order valence-corrected chi connectivity index (χ1v) is 7.39. The minimum atomic E-state index is -0.373. The van der Waals surface area contributed by atoms with Gasteiger partial charge in [0.2, 0.25) is 0 Å². The lowest BCUT2D eigenvalue weighted by Crippen LogP contribution is -2.38. The molecule has 1 unspecified atom stereocenters. The van der Waals surface area contributed by atoms with E-state index in [1.54, 1.807) is 6.92 Å². The van der Waals surface area contributed by atoms with Crippen molar-refractivity contribution in [2.24, 2.45) is 5.92 Å². The van der Waals surface area contributed by atoms with Crippen LogP contribution in [0, 0.1) is 5.92 Å². The molecule has 1 fully saturated rings. The third-order valence-corrected chi connectivity index (χ3v) is 4.11. The van der Waals surface area contributed by atoms with Crippen molar-refractivity contribution in [2.75, 3.05) is 6.61 Å². The van der Waals surface area contributed by atoms with Crippen LogP contribution in [0.1, 0.15) is 65.7 Å². The number of hydrogen-bond acceptors (Lipinski definition) is 4. The number of esters is 2. The Bertz CT molecular complexity index is 307. The molecule has 0 aromatic carbocycles. The molecule has 0 aromatic rings. The van der Waals surface area contributed by atoms with Crippen LogP contribution in [0.15, 0.2) is 0 Å². The van der Waals surface area contributed by atoms with Gasteiger partial charge in [0, 0.05) is 0 Å². The fraction of sp³-hybridized carbons (Fsp3) is 0.867. The summed E-state index contributed by atoms with van der Waals surface area (Å²) in [5.74, 6) is -0.160. The summed E-state index contributed by atoms with van der Waals surface area (Å²) in [6.07, 6.45) is 5.76. The number of ether oxygens (including phenoxy) is 2. The second-order valence-corrected chi connectivity index (χ2v) is 5.43. The van der Waals surface area contributed by atoms with Crippen LogP contribution in [0.2, 0.25) is 0 Å².